The van der Waals surface area contributed by atoms with Crippen LogP contribution in [-0.2, 0) is 13.2 Å². The number of fused-ring (bicyclic) bond motifs is 1. The molecule has 0 fully saturated rings. The van der Waals surface area contributed by atoms with Gasteiger partial charge in [-0.05, 0) is 18.2 Å². The van der Waals surface area contributed by atoms with Crippen molar-refractivity contribution in [3.63, 3.8) is 0 Å². The molecule has 0 spiro atoms. The first kappa shape index (κ1) is 12.6. The topological polar surface area (TPSA) is 60.2 Å². The van der Waals surface area contributed by atoms with Crippen LogP contribution < -0.4 is 4.74 Å². The number of ether oxygens (including phenoxy) is 1. The van der Waals surface area contributed by atoms with Gasteiger partial charge in [-0.15, -0.1) is 0 Å². The number of hydrogen-bond acceptors (Lipinski definition) is 4. The average Bonchev–Trinajstić information content (AvgIpc) is 2.86. The van der Waals surface area contributed by atoms with Gasteiger partial charge in [0.1, 0.15) is 5.65 Å². The monoisotopic (exact) mass is 269 g/mol. The van der Waals surface area contributed by atoms with E-state index in [1.165, 1.54) is 0 Å². The van der Waals surface area contributed by atoms with E-state index in [1.807, 2.05) is 35.0 Å². The highest BCUT2D eigenvalue weighted by Crippen LogP contribution is 2.22. The summed E-state index contributed by atoms with van der Waals surface area (Å²) in [5, 5.41) is 10.4. The molecule has 0 bridgehead atoms. The first-order chi connectivity index (χ1) is 9.83. The van der Waals surface area contributed by atoms with E-state index in [1.54, 1.807) is 19.5 Å². The predicted molar refractivity (Wildman–Crippen MR) is 75.5 cm³/mol. The fourth-order valence-corrected chi connectivity index (χ4v) is 2.35. The summed E-state index contributed by atoms with van der Waals surface area (Å²) in [5.74, 6) is 0.607. The second-order valence-electron chi connectivity index (χ2n) is 4.49. The Kier molecular flexibility index (Phi) is 3.35. The molecule has 3 aromatic rings. The SMILES string of the molecule is COc1ncccc1Cn1cc(CO)c2cccnc21. The number of rotatable bonds is 4. The molecule has 20 heavy (non-hydrogen) atoms. The summed E-state index contributed by atoms with van der Waals surface area (Å²) in [4.78, 5) is 8.59. The molecule has 0 aliphatic heterocycles. The van der Waals surface area contributed by atoms with E-state index in [-0.39, 0.29) is 6.61 Å². The van der Waals surface area contributed by atoms with E-state index in [2.05, 4.69) is 9.97 Å². The van der Waals surface area contributed by atoms with Crippen molar-refractivity contribution < 1.29 is 9.84 Å². The molecule has 0 unspecified atom stereocenters. The van der Waals surface area contributed by atoms with Crippen LogP contribution in [0.15, 0.2) is 42.9 Å². The molecule has 0 radical (unpaired) electrons. The Labute approximate surface area is 116 Å². The molecule has 3 heterocycles. The van der Waals surface area contributed by atoms with E-state index < -0.39 is 0 Å². The van der Waals surface area contributed by atoms with Crippen molar-refractivity contribution in [1.82, 2.24) is 14.5 Å². The third-order valence-electron chi connectivity index (χ3n) is 3.27. The van der Waals surface area contributed by atoms with E-state index in [0.29, 0.717) is 12.4 Å². The van der Waals surface area contributed by atoms with Gasteiger partial charge in [0.15, 0.2) is 0 Å². The van der Waals surface area contributed by atoms with Gasteiger partial charge in [-0.1, -0.05) is 6.07 Å². The van der Waals surface area contributed by atoms with Crippen molar-refractivity contribution in [3.05, 3.63) is 54.0 Å². The average molecular weight is 269 g/mol. The van der Waals surface area contributed by atoms with E-state index >= 15 is 0 Å². The zero-order valence-corrected chi connectivity index (χ0v) is 11.2. The van der Waals surface area contributed by atoms with Crippen LogP contribution in [0.25, 0.3) is 11.0 Å². The zero-order chi connectivity index (χ0) is 13.9. The second-order valence-corrected chi connectivity index (χ2v) is 4.49. The van der Waals surface area contributed by atoms with Crippen molar-refractivity contribution in [3.8, 4) is 5.88 Å². The van der Waals surface area contributed by atoms with Crippen LogP contribution in [0.2, 0.25) is 0 Å². The number of aliphatic hydroxyl groups excluding tert-OH is 1. The summed E-state index contributed by atoms with van der Waals surface area (Å²) in [6.07, 6.45) is 5.37. The Morgan fingerprint density at radius 2 is 1.95 bits per heavy atom. The largest absolute Gasteiger partial charge is 0.481 e. The highest BCUT2D eigenvalue weighted by atomic mass is 16.5. The number of pyridine rings is 2. The summed E-state index contributed by atoms with van der Waals surface area (Å²) in [6.45, 7) is 0.601. The van der Waals surface area contributed by atoms with Gasteiger partial charge >= 0.3 is 0 Å². The maximum absolute atomic E-state index is 9.44. The summed E-state index contributed by atoms with van der Waals surface area (Å²) < 4.78 is 7.27. The lowest BCUT2D eigenvalue weighted by molar-refractivity contribution is 0.283. The molecule has 0 aromatic carbocycles. The Bertz CT molecular complexity index is 737. The lowest BCUT2D eigenvalue weighted by Crippen LogP contribution is -2.02. The Hall–Kier alpha value is -2.40. The molecule has 0 saturated carbocycles. The maximum Gasteiger partial charge on any atom is 0.218 e. The molecule has 0 atom stereocenters. The smallest absolute Gasteiger partial charge is 0.218 e. The van der Waals surface area contributed by atoms with Crippen molar-refractivity contribution in [1.29, 1.82) is 0 Å². The van der Waals surface area contributed by atoms with Crippen molar-refractivity contribution >= 4 is 11.0 Å². The standard InChI is InChI=1S/C15H15N3O2/c1-20-15-11(4-2-7-17-15)8-18-9-12(10-19)13-5-3-6-16-14(13)18/h2-7,9,19H,8,10H2,1H3. The third kappa shape index (κ3) is 2.12. The molecule has 3 aromatic heterocycles. The molecule has 5 nitrogen and oxygen atoms in total. The van der Waals surface area contributed by atoms with Crippen LogP contribution in [0.1, 0.15) is 11.1 Å². The summed E-state index contributed by atoms with van der Waals surface area (Å²) in [7, 11) is 1.61. The quantitative estimate of drug-likeness (QED) is 0.786. The van der Waals surface area contributed by atoms with Gasteiger partial charge in [0, 0.05) is 35.1 Å². The first-order valence-corrected chi connectivity index (χ1v) is 6.35. The number of aliphatic hydroxyl groups is 1. The van der Waals surface area contributed by atoms with Gasteiger partial charge in [-0.25, -0.2) is 9.97 Å². The van der Waals surface area contributed by atoms with Crippen LogP contribution in [0.3, 0.4) is 0 Å². The summed E-state index contributed by atoms with van der Waals surface area (Å²) >= 11 is 0. The van der Waals surface area contributed by atoms with Crippen LogP contribution in [0.4, 0.5) is 0 Å². The molecule has 0 aliphatic rings. The number of nitrogens with zero attached hydrogens (tertiary/aromatic N) is 3. The van der Waals surface area contributed by atoms with Gasteiger partial charge in [0.25, 0.3) is 0 Å². The molecule has 5 heteroatoms. The first-order valence-electron chi connectivity index (χ1n) is 6.35. The maximum atomic E-state index is 9.44. The van der Waals surface area contributed by atoms with Gasteiger partial charge in [-0.2, -0.15) is 0 Å². The lowest BCUT2D eigenvalue weighted by atomic mass is 10.2. The predicted octanol–water partition coefficient (Wildman–Crippen LogP) is 1.98. The minimum Gasteiger partial charge on any atom is -0.481 e. The van der Waals surface area contributed by atoms with Crippen molar-refractivity contribution in [2.75, 3.05) is 7.11 Å². The molecule has 0 saturated heterocycles. The van der Waals surface area contributed by atoms with Crippen molar-refractivity contribution in [2.24, 2.45) is 0 Å². The number of aromatic nitrogens is 3. The molecule has 1 N–H and O–H groups in total. The normalized spacial score (nSPS) is 10.9. The van der Waals surface area contributed by atoms with Crippen LogP contribution >= 0.6 is 0 Å². The van der Waals surface area contributed by atoms with E-state index in [4.69, 9.17) is 4.74 Å². The fraction of sp³-hybridized carbons (Fsp3) is 0.200. The van der Waals surface area contributed by atoms with Gasteiger partial charge in [0.2, 0.25) is 5.88 Å². The lowest BCUT2D eigenvalue weighted by Gasteiger charge is -2.08. The van der Waals surface area contributed by atoms with E-state index in [9.17, 15) is 5.11 Å². The molecular weight excluding hydrogens is 254 g/mol. The minimum atomic E-state index is -0.000627. The van der Waals surface area contributed by atoms with Gasteiger partial charge in [-0.3, -0.25) is 0 Å². The minimum absolute atomic E-state index is 0.000627. The Morgan fingerprint density at radius 1 is 1.15 bits per heavy atom. The van der Waals surface area contributed by atoms with E-state index in [0.717, 1.165) is 22.2 Å². The van der Waals surface area contributed by atoms with Crippen LogP contribution in [0, 0.1) is 0 Å². The molecular formula is C15H15N3O2. The van der Waals surface area contributed by atoms with Gasteiger partial charge in [0.05, 0.1) is 20.3 Å². The summed E-state index contributed by atoms with van der Waals surface area (Å²) in [5.41, 5.74) is 2.69. The van der Waals surface area contributed by atoms with Crippen LogP contribution in [0.5, 0.6) is 5.88 Å². The van der Waals surface area contributed by atoms with Gasteiger partial charge < -0.3 is 14.4 Å². The molecule has 0 amide bonds. The third-order valence-corrected chi connectivity index (χ3v) is 3.27. The molecule has 102 valence electrons. The summed E-state index contributed by atoms with van der Waals surface area (Å²) in [6, 6.07) is 7.69. The molecule has 3 rings (SSSR count). The zero-order valence-electron chi connectivity index (χ0n) is 11.2. The molecule has 0 aliphatic carbocycles. The Balaban J connectivity index is 2.07. The highest BCUT2D eigenvalue weighted by molar-refractivity contribution is 5.80. The highest BCUT2D eigenvalue weighted by Gasteiger charge is 2.11. The number of hydrogen-bond donors (Lipinski definition) is 1. The fourth-order valence-electron chi connectivity index (χ4n) is 2.35. The van der Waals surface area contributed by atoms with Crippen molar-refractivity contribution in [2.45, 2.75) is 13.2 Å². The second kappa shape index (κ2) is 5.30. The Morgan fingerprint density at radius 3 is 2.75 bits per heavy atom. The van der Waals surface area contributed by atoms with Crippen LogP contribution in [-0.4, -0.2) is 26.8 Å². The number of methoxy groups -OCH3 is 1.